The third-order valence-electron chi connectivity index (χ3n) is 3.87. The van der Waals surface area contributed by atoms with E-state index in [1.54, 1.807) is 0 Å². The van der Waals surface area contributed by atoms with Gasteiger partial charge in [-0.3, -0.25) is 0 Å². The molecule has 0 spiro atoms. The van der Waals surface area contributed by atoms with Crippen LogP contribution in [0.2, 0.25) is 5.02 Å². The van der Waals surface area contributed by atoms with Crippen LogP contribution in [-0.4, -0.2) is 24.5 Å². The van der Waals surface area contributed by atoms with E-state index in [0.717, 1.165) is 35.3 Å². The Morgan fingerprint density at radius 1 is 1.21 bits per heavy atom. The highest BCUT2D eigenvalue weighted by Gasteiger charge is 2.24. The van der Waals surface area contributed by atoms with E-state index in [0.29, 0.717) is 17.4 Å². The Bertz CT molecular complexity index is 691. The van der Waals surface area contributed by atoms with Crippen molar-refractivity contribution in [2.75, 3.05) is 11.5 Å². The molecule has 19 heavy (non-hydrogen) atoms. The smallest absolute Gasteiger partial charge is 0.150 e. The van der Waals surface area contributed by atoms with Gasteiger partial charge < -0.3 is 4.57 Å². The highest BCUT2D eigenvalue weighted by atomic mass is 35.5. The van der Waals surface area contributed by atoms with Crippen LogP contribution in [0.4, 0.5) is 0 Å². The van der Waals surface area contributed by atoms with Crippen LogP contribution in [0.15, 0.2) is 30.5 Å². The molecule has 0 unspecified atom stereocenters. The van der Waals surface area contributed by atoms with Crippen LogP contribution < -0.4 is 0 Å². The first kappa shape index (κ1) is 13.0. The Hall–Kier alpha value is -1.00. The first-order valence-electron chi connectivity index (χ1n) is 6.49. The van der Waals surface area contributed by atoms with Crippen molar-refractivity contribution in [2.45, 2.75) is 19.4 Å². The molecule has 0 bridgehead atoms. The van der Waals surface area contributed by atoms with E-state index >= 15 is 0 Å². The number of hydrogen-bond acceptors (Lipinski definition) is 2. The topological polar surface area (TPSA) is 39.1 Å². The van der Waals surface area contributed by atoms with E-state index in [9.17, 15) is 8.42 Å². The van der Waals surface area contributed by atoms with Crippen molar-refractivity contribution < 1.29 is 8.42 Å². The lowest BCUT2D eigenvalue weighted by atomic mass is 10.0. The average molecular weight is 298 g/mol. The number of sulfone groups is 1. The predicted octanol–water partition coefficient (Wildman–Crippen LogP) is 3.12. The number of fused-ring (bicyclic) bond motifs is 1. The van der Waals surface area contributed by atoms with Crippen LogP contribution in [0.5, 0.6) is 0 Å². The fourth-order valence-corrected chi connectivity index (χ4v) is 4.65. The van der Waals surface area contributed by atoms with Gasteiger partial charge in [0.25, 0.3) is 0 Å². The van der Waals surface area contributed by atoms with Crippen molar-refractivity contribution in [3.63, 3.8) is 0 Å². The molecule has 2 heterocycles. The number of nitrogens with zero attached hydrogens (tertiary/aromatic N) is 1. The molecule has 0 saturated carbocycles. The van der Waals surface area contributed by atoms with Crippen molar-refractivity contribution in [3.05, 3.63) is 35.5 Å². The Morgan fingerprint density at radius 3 is 2.68 bits per heavy atom. The minimum absolute atomic E-state index is 0.324. The van der Waals surface area contributed by atoms with Gasteiger partial charge in [-0.15, -0.1) is 0 Å². The van der Waals surface area contributed by atoms with Crippen molar-refractivity contribution >= 4 is 32.3 Å². The van der Waals surface area contributed by atoms with Gasteiger partial charge in [-0.25, -0.2) is 8.42 Å². The number of benzene rings is 1. The molecule has 0 amide bonds. The quantitative estimate of drug-likeness (QED) is 0.854. The van der Waals surface area contributed by atoms with Gasteiger partial charge in [-0.05, 0) is 30.9 Å². The molecule has 3 nitrogen and oxygen atoms in total. The average Bonchev–Trinajstić information content (AvgIpc) is 2.77. The third kappa shape index (κ3) is 2.65. The number of para-hydroxylation sites is 1. The standard InChI is InChI=1S/C14H16ClNO2S/c15-13-3-1-2-12-4-7-16(14(12)13)10-11-5-8-19(17,18)9-6-11/h1-4,7,11H,5-6,8-10H2. The Morgan fingerprint density at radius 2 is 1.95 bits per heavy atom. The lowest BCUT2D eigenvalue weighted by Gasteiger charge is -2.22. The van der Waals surface area contributed by atoms with Crippen LogP contribution in [-0.2, 0) is 16.4 Å². The summed E-state index contributed by atoms with van der Waals surface area (Å²) in [6, 6.07) is 7.94. The molecule has 2 aromatic rings. The zero-order chi connectivity index (χ0) is 13.5. The van der Waals surface area contributed by atoms with Gasteiger partial charge in [-0.2, -0.15) is 0 Å². The molecule has 1 aliphatic rings. The number of halogens is 1. The lowest BCUT2D eigenvalue weighted by molar-refractivity contribution is 0.410. The molecular weight excluding hydrogens is 282 g/mol. The summed E-state index contributed by atoms with van der Waals surface area (Å²) in [6.45, 7) is 0.850. The number of rotatable bonds is 2. The highest BCUT2D eigenvalue weighted by molar-refractivity contribution is 7.91. The molecule has 102 valence electrons. The van der Waals surface area contributed by atoms with E-state index in [4.69, 9.17) is 11.6 Å². The van der Waals surface area contributed by atoms with Crippen molar-refractivity contribution in [1.82, 2.24) is 4.57 Å². The summed E-state index contributed by atoms with van der Waals surface area (Å²) < 4.78 is 25.0. The van der Waals surface area contributed by atoms with Gasteiger partial charge in [0.05, 0.1) is 22.0 Å². The van der Waals surface area contributed by atoms with Gasteiger partial charge in [0.15, 0.2) is 0 Å². The first-order chi connectivity index (χ1) is 9.05. The fraction of sp³-hybridized carbons (Fsp3) is 0.429. The maximum atomic E-state index is 11.4. The van der Waals surface area contributed by atoms with Crippen LogP contribution in [0, 0.1) is 5.92 Å². The maximum absolute atomic E-state index is 11.4. The lowest BCUT2D eigenvalue weighted by Crippen LogP contribution is -2.25. The maximum Gasteiger partial charge on any atom is 0.150 e. The summed E-state index contributed by atoms with van der Waals surface area (Å²) >= 11 is 6.25. The van der Waals surface area contributed by atoms with E-state index in [1.165, 1.54) is 0 Å². The van der Waals surface area contributed by atoms with Crippen LogP contribution >= 0.6 is 11.6 Å². The van der Waals surface area contributed by atoms with Gasteiger partial charge in [0, 0.05) is 18.1 Å². The van der Waals surface area contributed by atoms with Crippen molar-refractivity contribution in [3.8, 4) is 0 Å². The summed E-state index contributed by atoms with van der Waals surface area (Å²) in [5.41, 5.74) is 1.05. The predicted molar refractivity (Wildman–Crippen MR) is 78.3 cm³/mol. The molecule has 1 aliphatic heterocycles. The largest absolute Gasteiger partial charge is 0.346 e. The van der Waals surface area contributed by atoms with Gasteiger partial charge in [-0.1, -0.05) is 23.7 Å². The first-order valence-corrected chi connectivity index (χ1v) is 8.69. The van der Waals surface area contributed by atoms with Crippen molar-refractivity contribution in [1.29, 1.82) is 0 Å². The summed E-state index contributed by atoms with van der Waals surface area (Å²) in [5.74, 6) is 1.07. The van der Waals surface area contributed by atoms with E-state index in [2.05, 4.69) is 10.6 Å². The van der Waals surface area contributed by atoms with E-state index < -0.39 is 9.84 Å². The molecule has 5 heteroatoms. The molecular formula is C14H16ClNO2S. The highest BCUT2D eigenvalue weighted by Crippen LogP contribution is 2.27. The molecule has 3 rings (SSSR count). The second kappa shape index (κ2) is 4.84. The molecule has 0 N–H and O–H groups in total. The van der Waals surface area contributed by atoms with E-state index in [1.807, 2.05) is 24.4 Å². The molecule has 0 aliphatic carbocycles. The fourth-order valence-electron chi connectivity index (χ4n) is 2.77. The molecule has 1 aromatic carbocycles. The van der Waals surface area contributed by atoms with Gasteiger partial charge in [0.1, 0.15) is 9.84 Å². The van der Waals surface area contributed by atoms with Crippen LogP contribution in [0.3, 0.4) is 0 Å². The minimum Gasteiger partial charge on any atom is -0.346 e. The zero-order valence-electron chi connectivity index (χ0n) is 10.5. The third-order valence-corrected chi connectivity index (χ3v) is 5.89. The summed E-state index contributed by atoms with van der Waals surface area (Å²) in [4.78, 5) is 0. The Balaban J connectivity index is 1.83. The molecule has 0 radical (unpaired) electrons. The summed E-state index contributed by atoms with van der Waals surface area (Å²) in [6.07, 6.45) is 3.55. The van der Waals surface area contributed by atoms with Crippen molar-refractivity contribution in [2.24, 2.45) is 5.92 Å². The molecule has 1 aromatic heterocycles. The SMILES string of the molecule is O=S1(=O)CCC(Cn2ccc3cccc(Cl)c32)CC1. The normalized spacial score (nSPS) is 19.8. The monoisotopic (exact) mass is 297 g/mol. The summed E-state index contributed by atoms with van der Waals surface area (Å²) in [7, 11) is -2.78. The minimum atomic E-state index is -2.78. The molecule has 1 saturated heterocycles. The van der Waals surface area contributed by atoms with Crippen LogP contribution in [0.25, 0.3) is 10.9 Å². The van der Waals surface area contributed by atoms with Gasteiger partial charge in [0.2, 0.25) is 0 Å². The van der Waals surface area contributed by atoms with Gasteiger partial charge >= 0.3 is 0 Å². The van der Waals surface area contributed by atoms with Crippen LogP contribution in [0.1, 0.15) is 12.8 Å². The second-order valence-corrected chi connectivity index (χ2v) is 7.95. The zero-order valence-corrected chi connectivity index (χ0v) is 12.1. The Kier molecular flexibility index (Phi) is 3.31. The second-order valence-electron chi connectivity index (χ2n) is 5.24. The number of hydrogen-bond donors (Lipinski definition) is 0. The summed E-state index contributed by atoms with van der Waals surface area (Å²) in [5, 5.41) is 1.89. The van der Waals surface area contributed by atoms with E-state index in [-0.39, 0.29) is 0 Å². The molecule has 1 fully saturated rings. The number of aromatic nitrogens is 1. The molecule has 0 atom stereocenters. The Labute approximate surface area is 118 Å².